The topological polar surface area (TPSA) is 49.3 Å². The molecular formula is C14H19Cl2NO2. The van der Waals surface area contributed by atoms with Gasteiger partial charge in [-0.1, -0.05) is 25.4 Å². The Kier molecular flexibility index (Phi) is 5.95. The molecule has 1 aromatic rings. The van der Waals surface area contributed by atoms with E-state index in [-0.39, 0.29) is 22.6 Å². The molecule has 0 aliphatic heterocycles. The van der Waals surface area contributed by atoms with Gasteiger partial charge in [0, 0.05) is 22.9 Å². The Morgan fingerprint density at radius 1 is 1.37 bits per heavy atom. The number of hydrogen-bond acceptors (Lipinski definition) is 2. The second kappa shape index (κ2) is 7.01. The molecule has 1 rings (SSSR count). The molecule has 1 aromatic carbocycles. The number of phenolic OH excluding ortho intramolecular Hbond substituents is 1. The van der Waals surface area contributed by atoms with Gasteiger partial charge in [-0.3, -0.25) is 4.79 Å². The summed E-state index contributed by atoms with van der Waals surface area (Å²) in [6, 6.07) is 4.40. The van der Waals surface area contributed by atoms with Gasteiger partial charge in [0.2, 0.25) is 0 Å². The van der Waals surface area contributed by atoms with E-state index in [2.05, 4.69) is 19.2 Å². The van der Waals surface area contributed by atoms with Crippen LogP contribution in [0.3, 0.4) is 0 Å². The summed E-state index contributed by atoms with van der Waals surface area (Å²) in [6.07, 6.45) is 1.77. The molecular weight excluding hydrogens is 285 g/mol. The number of carbonyl (C=O) groups is 1. The maximum Gasteiger partial charge on any atom is 0.255 e. The Bertz CT molecular complexity index is 437. The van der Waals surface area contributed by atoms with Crippen molar-refractivity contribution >= 4 is 29.1 Å². The SMILES string of the molecule is CCC(CC)(CCl)CNC(=O)c1cc(Cl)ccc1O. The number of rotatable bonds is 6. The summed E-state index contributed by atoms with van der Waals surface area (Å²) in [5.41, 5.74) is 0.0778. The summed E-state index contributed by atoms with van der Waals surface area (Å²) in [5, 5.41) is 12.9. The van der Waals surface area contributed by atoms with Crippen LogP contribution in [0.1, 0.15) is 37.0 Å². The number of carbonyl (C=O) groups excluding carboxylic acids is 1. The van der Waals surface area contributed by atoms with Crippen molar-refractivity contribution in [2.45, 2.75) is 26.7 Å². The summed E-state index contributed by atoms with van der Waals surface area (Å²) in [4.78, 5) is 12.0. The van der Waals surface area contributed by atoms with Crippen molar-refractivity contribution in [1.29, 1.82) is 0 Å². The number of halogens is 2. The molecule has 3 nitrogen and oxygen atoms in total. The maximum atomic E-state index is 12.0. The smallest absolute Gasteiger partial charge is 0.255 e. The van der Waals surface area contributed by atoms with Crippen molar-refractivity contribution in [2.75, 3.05) is 12.4 Å². The Labute approximate surface area is 123 Å². The lowest BCUT2D eigenvalue weighted by Gasteiger charge is -2.29. The third-order valence-electron chi connectivity index (χ3n) is 3.61. The molecule has 19 heavy (non-hydrogen) atoms. The summed E-state index contributed by atoms with van der Waals surface area (Å²) < 4.78 is 0. The largest absolute Gasteiger partial charge is 0.507 e. The third-order valence-corrected chi connectivity index (χ3v) is 4.41. The van der Waals surface area contributed by atoms with Crippen molar-refractivity contribution in [3.63, 3.8) is 0 Å². The first-order chi connectivity index (χ1) is 8.98. The average molecular weight is 304 g/mol. The van der Waals surface area contributed by atoms with Crippen molar-refractivity contribution in [2.24, 2.45) is 5.41 Å². The Hall–Kier alpha value is -0.930. The van der Waals surface area contributed by atoms with E-state index in [4.69, 9.17) is 23.2 Å². The zero-order valence-corrected chi connectivity index (χ0v) is 12.7. The summed E-state index contributed by atoms with van der Waals surface area (Å²) in [7, 11) is 0. The van der Waals surface area contributed by atoms with Crippen LogP contribution in [0.25, 0.3) is 0 Å². The van der Waals surface area contributed by atoms with Crippen LogP contribution in [0.2, 0.25) is 5.02 Å². The number of hydrogen-bond donors (Lipinski definition) is 2. The Morgan fingerprint density at radius 3 is 2.53 bits per heavy atom. The lowest BCUT2D eigenvalue weighted by molar-refractivity contribution is 0.0929. The number of nitrogens with one attached hydrogen (secondary N) is 1. The van der Waals surface area contributed by atoms with E-state index in [1.54, 1.807) is 0 Å². The van der Waals surface area contributed by atoms with Crippen LogP contribution in [0.15, 0.2) is 18.2 Å². The highest BCUT2D eigenvalue weighted by Crippen LogP contribution is 2.27. The number of amides is 1. The molecule has 0 saturated heterocycles. The van der Waals surface area contributed by atoms with Gasteiger partial charge in [-0.25, -0.2) is 0 Å². The molecule has 0 bridgehead atoms. The standard InChI is InChI=1S/C14H19Cl2NO2/c1-3-14(4-2,8-15)9-17-13(19)11-7-10(16)5-6-12(11)18/h5-7,18H,3-4,8-9H2,1-2H3,(H,17,19). The molecule has 0 atom stereocenters. The molecule has 0 aromatic heterocycles. The third kappa shape index (κ3) is 4.02. The Morgan fingerprint density at radius 2 is 2.00 bits per heavy atom. The van der Waals surface area contributed by atoms with Gasteiger partial charge in [-0.2, -0.15) is 0 Å². The number of aromatic hydroxyl groups is 1. The van der Waals surface area contributed by atoms with Crippen molar-refractivity contribution in [3.8, 4) is 5.75 Å². The number of benzene rings is 1. The zero-order valence-electron chi connectivity index (χ0n) is 11.2. The van der Waals surface area contributed by atoms with E-state index in [0.29, 0.717) is 17.4 Å². The van der Waals surface area contributed by atoms with E-state index < -0.39 is 0 Å². The van der Waals surface area contributed by atoms with E-state index >= 15 is 0 Å². The van der Waals surface area contributed by atoms with E-state index in [1.165, 1.54) is 18.2 Å². The highest BCUT2D eigenvalue weighted by molar-refractivity contribution is 6.31. The van der Waals surface area contributed by atoms with Crippen LogP contribution in [0.4, 0.5) is 0 Å². The average Bonchev–Trinajstić information content (AvgIpc) is 2.43. The van der Waals surface area contributed by atoms with Crippen molar-refractivity contribution in [3.05, 3.63) is 28.8 Å². The van der Waals surface area contributed by atoms with Crippen LogP contribution in [-0.4, -0.2) is 23.4 Å². The first kappa shape index (κ1) is 16.1. The molecule has 0 radical (unpaired) electrons. The van der Waals surface area contributed by atoms with Crippen molar-refractivity contribution < 1.29 is 9.90 Å². The van der Waals surface area contributed by atoms with Gasteiger partial charge >= 0.3 is 0 Å². The minimum Gasteiger partial charge on any atom is -0.507 e. The first-order valence-corrected chi connectivity index (χ1v) is 7.22. The fraction of sp³-hybridized carbons (Fsp3) is 0.500. The summed E-state index contributed by atoms with van der Waals surface area (Å²) >= 11 is 11.8. The molecule has 0 aliphatic rings. The predicted octanol–water partition coefficient (Wildman–Crippen LogP) is 3.82. The minimum absolute atomic E-state index is 0.0774. The fourth-order valence-electron chi connectivity index (χ4n) is 1.79. The van der Waals surface area contributed by atoms with Gasteiger partial charge in [0.15, 0.2) is 0 Å². The van der Waals surface area contributed by atoms with Gasteiger partial charge in [-0.05, 0) is 31.0 Å². The molecule has 5 heteroatoms. The van der Waals surface area contributed by atoms with Crippen molar-refractivity contribution in [1.82, 2.24) is 5.32 Å². The molecule has 2 N–H and O–H groups in total. The van der Waals surface area contributed by atoms with Gasteiger partial charge in [0.05, 0.1) is 5.56 Å². The van der Waals surface area contributed by atoms with Gasteiger partial charge in [0.25, 0.3) is 5.91 Å². The number of alkyl halides is 1. The van der Waals surface area contributed by atoms with Crippen LogP contribution in [0, 0.1) is 5.41 Å². The second-order valence-electron chi connectivity index (χ2n) is 4.68. The van der Waals surface area contributed by atoms with E-state index in [0.717, 1.165) is 12.8 Å². The van der Waals surface area contributed by atoms with Crippen LogP contribution < -0.4 is 5.32 Å². The summed E-state index contributed by atoms with van der Waals surface area (Å²) in [6.45, 7) is 4.58. The lowest BCUT2D eigenvalue weighted by atomic mass is 9.84. The molecule has 0 saturated carbocycles. The van der Waals surface area contributed by atoms with Gasteiger partial charge in [-0.15, -0.1) is 11.6 Å². The van der Waals surface area contributed by atoms with Crippen LogP contribution in [0.5, 0.6) is 5.75 Å². The first-order valence-electron chi connectivity index (χ1n) is 6.30. The normalized spacial score (nSPS) is 11.4. The van der Waals surface area contributed by atoms with Gasteiger partial charge < -0.3 is 10.4 Å². The molecule has 106 valence electrons. The molecule has 0 aliphatic carbocycles. The zero-order chi connectivity index (χ0) is 14.5. The quantitative estimate of drug-likeness (QED) is 0.785. The van der Waals surface area contributed by atoms with E-state index in [1.807, 2.05) is 0 Å². The number of phenols is 1. The second-order valence-corrected chi connectivity index (χ2v) is 5.39. The van der Waals surface area contributed by atoms with Crippen LogP contribution >= 0.6 is 23.2 Å². The fourth-order valence-corrected chi connectivity index (χ4v) is 2.43. The summed E-state index contributed by atoms with van der Waals surface area (Å²) in [5.74, 6) is 0.0738. The lowest BCUT2D eigenvalue weighted by Crippen LogP contribution is -2.38. The highest BCUT2D eigenvalue weighted by Gasteiger charge is 2.26. The van der Waals surface area contributed by atoms with Gasteiger partial charge in [0.1, 0.15) is 5.75 Å². The molecule has 1 amide bonds. The molecule has 0 unspecified atom stereocenters. The molecule has 0 spiro atoms. The van der Waals surface area contributed by atoms with Crippen LogP contribution in [-0.2, 0) is 0 Å². The highest BCUT2D eigenvalue weighted by atomic mass is 35.5. The van der Waals surface area contributed by atoms with E-state index in [9.17, 15) is 9.90 Å². The minimum atomic E-state index is -0.337. The maximum absolute atomic E-state index is 12.0. The monoisotopic (exact) mass is 303 g/mol. The predicted molar refractivity (Wildman–Crippen MR) is 79.2 cm³/mol. The Balaban J connectivity index is 2.77. The molecule has 0 heterocycles. The molecule has 0 fully saturated rings.